The van der Waals surface area contributed by atoms with Crippen LogP contribution in [0.15, 0.2) is 54.6 Å². The maximum absolute atomic E-state index is 12.5. The van der Waals surface area contributed by atoms with E-state index in [-0.39, 0.29) is 13.0 Å². The summed E-state index contributed by atoms with van der Waals surface area (Å²) < 4.78 is 5.39. The Morgan fingerprint density at radius 1 is 1.08 bits per heavy atom. The lowest BCUT2D eigenvalue weighted by Crippen LogP contribution is -2.41. The minimum absolute atomic E-state index is 0.128. The number of carbonyl (C=O) groups excluding carboxylic acids is 1. The molecule has 1 amide bonds. The average Bonchev–Trinajstić information content (AvgIpc) is 2.60. The van der Waals surface area contributed by atoms with Crippen LogP contribution in [-0.4, -0.2) is 28.6 Å². The van der Waals surface area contributed by atoms with Crippen LogP contribution < -0.4 is 0 Å². The lowest BCUT2D eigenvalue weighted by molar-refractivity contribution is -0.138. The zero-order valence-corrected chi connectivity index (χ0v) is 13.2. The number of nitrogens with zero attached hydrogens (tertiary/aromatic N) is 1. The number of benzene rings is 2. The highest BCUT2D eigenvalue weighted by Crippen LogP contribution is 2.32. The van der Waals surface area contributed by atoms with E-state index in [4.69, 9.17) is 4.74 Å². The third-order valence-corrected chi connectivity index (χ3v) is 4.22. The van der Waals surface area contributed by atoms with E-state index in [1.165, 1.54) is 4.90 Å². The van der Waals surface area contributed by atoms with E-state index >= 15 is 0 Å². The van der Waals surface area contributed by atoms with E-state index in [2.05, 4.69) is 0 Å². The van der Waals surface area contributed by atoms with Crippen molar-refractivity contribution < 1.29 is 19.4 Å². The van der Waals surface area contributed by atoms with E-state index in [1.807, 2.05) is 54.6 Å². The summed E-state index contributed by atoms with van der Waals surface area (Å²) in [6.07, 6.45) is 0.101. The van der Waals surface area contributed by atoms with Crippen LogP contribution in [0.4, 0.5) is 4.79 Å². The number of hydrogen-bond acceptors (Lipinski definition) is 3. The van der Waals surface area contributed by atoms with Crippen molar-refractivity contribution in [1.82, 2.24) is 4.90 Å². The van der Waals surface area contributed by atoms with E-state index < -0.39 is 18.1 Å². The Morgan fingerprint density at radius 3 is 2.54 bits per heavy atom. The number of aliphatic carboxylic acids is 1. The summed E-state index contributed by atoms with van der Waals surface area (Å²) in [5.41, 5.74) is 2.89. The maximum atomic E-state index is 12.5. The Hall–Kier alpha value is -2.82. The monoisotopic (exact) mass is 325 g/mol. The Kier molecular flexibility index (Phi) is 4.79. The molecule has 0 fully saturated rings. The van der Waals surface area contributed by atoms with Crippen LogP contribution in [0, 0.1) is 0 Å². The van der Waals surface area contributed by atoms with Crippen molar-refractivity contribution in [2.75, 3.05) is 6.54 Å². The van der Waals surface area contributed by atoms with Crippen LogP contribution in [0.1, 0.15) is 29.2 Å². The summed E-state index contributed by atoms with van der Waals surface area (Å²) >= 11 is 0. The molecule has 1 aliphatic heterocycles. The summed E-state index contributed by atoms with van der Waals surface area (Å²) in [6.45, 7) is 0.639. The van der Waals surface area contributed by atoms with E-state index in [1.54, 1.807) is 0 Å². The molecule has 0 saturated heterocycles. The number of ether oxygens (including phenoxy) is 1. The molecule has 1 N–H and O–H groups in total. The van der Waals surface area contributed by atoms with Crippen molar-refractivity contribution in [3.05, 3.63) is 71.3 Å². The molecule has 0 spiro atoms. The smallest absolute Gasteiger partial charge is 0.410 e. The second-order valence-electron chi connectivity index (χ2n) is 5.80. The van der Waals surface area contributed by atoms with Gasteiger partial charge in [-0.1, -0.05) is 54.6 Å². The zero-order valence-electron chi connectivity index (χ0n) is 13.2. The van der Waals surface area contributed by atoms with Crippen LogP contribution in [0.2, 0.25) is 0 Å². The number of carboxylic acid groups (broad SMARTS) is 1. The number of carbonyl (C=O) groups is 2. The molecule has 0 aliphatic carbocycles. The average molecular weight is 325 g/mol. The van der Waals surface area contributed by atoms with E-state index in [0.717, 1.165) is 16.7 Å². The molecular weight excluding hydrogens is 306 g/mol. The minimum atomic E-state index is -0.933. The molecule has 0 aromatic heterocycles. The van der Waals surface area contributed by atoms with Crippen molar-refractivity contribution in [3.8, 4) is 0 Å². The molecule has 124 valence electrons. The minimum Gasteiger partial charge on any atom is -0.481 e. The first-order chi connectivity index (χ1) is 11.6. The van der Waals surface area contributed by atoms with Gasteiger partial charge in [-0.05, 0) is 23.1 Å². The van der Waals surface area contributed by atoms with Crippen LogP contribution >= 0.6 is 0 Å². The van der Waals surface area contributed by atoms with Gasteiger partial charge in [0.05, 0.1) is 12.5 Å². The van der Waals surface area contributed by atoms with Gasteiger partial charge < -0.3 is 14.7 Å². The Morgan fingerprint density at radius 2 is 1.79 bits per heavy atom. The Bertz CT molecular complexity index is 729. The fourth-order valence-electron chi connectivity index (χ4n) is 3.06. The van der Waals surface area contributed by atoms with Crippen LogP contribution in [0.25, 0.3) is 0 Å². The summed E-state index contributed by atoms with van der Waals surface area (Å²) in [7, 11) is 0. The molecule has 1 atom stereocenters. The molecule has 2 aromatic carbocycles. The van der Waals surface area contributed by atoms with Crippen LogP contribution in [0.5, 0.6) is 0 Å². The fourth-order valence-corrected chi connectivity index (χ4v) is 3.06. The molecule has 1 heterocycles. The summed E-state index contributed by atoms with van der Waals surface area (Å²) in [6, 6.07) is 16.6. The Labute approximate surface area is 140 Å². The first-order valence-electron chi connectivity index (χ1n) is 7.92. The van der Waals surface area contributed by atoms with Crippen molar-refractivity contribution in [1.29, 1.82) is 0 Å². The third kappa shape index (κ3) is 3.56. The second kappa shape index (κ2) is 7.17. The highest BCUT2D eigenvalue weighted by molar-refractivity contribution is 5.73. The number of amides is 1. The molecule has 0 radical (unpaired) electrons. The van der Waals surface area contributed by atoms with Gasteiger partial charge in [0.15, 0.2) is 0 Å². The van der Waals surface area contributed by atoms with Gasteiger partial charge in [0.25, 0.3) is 0 Å². The van der Waals surface area contributed by atoms with Crippen molar-refractivity contribution in [2.45, 2.75) is 25.5 Å². The van der Waals surface area contributed by atoms with Gasteiger partial charge in [0, 0.05) is 6.54 Å². The lowest BCUT2D eigenvalue weighted by Gasteiger charge is -2.35. The largest absolute Gasteiger partial charge is 0.481 e. The van der Waals surface area contributed by atoms with Gasteiger partial charge in [0.2, 0.25) is 0 Å². The molecular formula is C19H19NO4. The van der Waals surface area contributed by atoms with Gasteiger partial charge in [-0.25, -0.2) is 4.79 Å². The van der Waals surface area contributed by atoms with Gasteiger partial charge in [0.1, 0.15) is 6.61 Å². The predicted molar refractivity (Wildman–Crippen MR) is 88.5 cm³/mol. The van der Waals surface area contributed by atoms with E-state index in [9.17, 15) is 14.7 Å². The molecule has 0 unspecified atom stereocenters. The number of rotatable bonds is 4. The van der Waals surface area contributed by atoms with Gasteiger partial charge in [-0.2, -0.15) is 0 Å². The molecule has 5 heteroatoms. The molecule has 0 bridgehead atoms. The number of fused-ring (bicyclic) bond motifs is 1. The van der Waals surface area contributed by atoms with Gasteiger partial charge in [-0.3, -0.25) is 4.79 Å². The molecule has 2 aromatic rings. The summed E-state index contributed by atoms with van der Waals surface area (Å²) in [4.78, 5) is 25.3. The quantitative estimate of drug-likeness (QED) is 0.935. The normalized spacial score (nSPS) is 16.3. The van der Waals surface area contributed by atoms with Gasteiger partial charge >= 0.3 is 12.1 Å². The first-order valence-corrected chi connectivity index (χ1v) is 7.92. The standard InChI is InChI=1S/C19H19NO4/c21-18(22)12-17-16-9-5-4-8-15(16)10-11-20(17)19(23)24-13-14-6-2-1-3-7-14/h1-9,17H,10-13H2,(H,21,22)/t17-/m0/s1. The third-order valence-electron chi connectivity index (χ3n) is 4.22. The maximum Gasteiger partial charge on any atom is 0.410 e. The summed E-state index contributed by atoms with van der Waals surface area (Å²) in [5.74, 6) is -0.933. The molecule has 5 nitrogen and oxygen atoms in total. The van der Waals surface area contributed by atoms with Crippen molar-refractivity contribution >= 4 is 12.1 Å². The van der Waals surface area contributed by atoms with Crippen molar-refractivity contribution in [3.63, 3.8) is 0 Å². The van der Waals surface area contributed by atoms with Crippen LogP contribution in [-0.2, 0) is 22.6 Å². The lowest BCUT2D eigenvalue weighted by atomic mass is 9.91. The molecule has 3 rings (SSSR count). The van der Waals surface area contributed by atoms with Crippen molar-refractivity contribution in [2.24, 2.45) is 0 Å². The van der Waals surface area contributed by atoms with Gasteiger partial charge in [-0.15, -0.1) is 0 Å². The molecule has 0 saturated carbocycles. The summed E-state index contributed by atoms with van der Waals surface area (Å²) in [5, 5.41) is 9.22. The topological polar surface area (TPSA) is 66.8 Å². The highest BCUT2D eigenvalue weighted by atomic mass is 16.6. The highest BCUT2D eigenvalue weighted by Gasteiger charge is 2.33. The fraction of sp³-hybridized carbons (Fsp3) is 0.263. The predicted octanol–water partition coefficient (Wildman–Crippen LogP) is 3.40. The number of carboxylic acids is 1. The zero-order chi connectivity index (χ0) is 16.9. The second-order valence-corrected chi connectivity index (χ2v) is 5.80. The van der Waals surface area contributed by atoms with Crippen LogP contribution in [0.3, 0.4) is 0 Å². The van der Waals surface area contributed by atoms with E-state index in [0.29, 0.717) is 13.0 Å². The Balaban J connectivity index is 1.75. The molecule has 24 heavy (non-hydrogen) atoms. The molecule has 1 aliphatic rings. The first kappa shape index (κ1) is 16.1. The SMILES string of the molecule is O=C(O)C[C@H]1c2ccccc2CCN1C(=O)OCc1ccccc1. The number of hydrogen-bond donors (Lipinski definition) is 1.